The monoisotopic (exact) mass is 366 g/mol. The van der Waals surface area contributed by atoms with Crippen LogP contribution < -0.4 is 20.1 Å². The number of carbonyl (C=O) groups is 2. The van der Waals surface area contributed by atoms with Crippen molar-refractivity contribution in [1.82, 2.24) is 5.32 Å². The first-order valence-corrected chi connectivity index (χ1v) is 7.57. The molecule has 2 aromatic rings. The van der Waals surface area contributed by atoms with Gasteiger partial charge in [-0.15, -0.1) is 0 Å². The van der Waals surface area contributed by atoms with Crippen molar-refractivity contribution < 1.29 is 32.2 Å². The van der Waals surface area contributed by atoms with Gasteiger partial charge < -0.3 is 20.1 Å². The van der Waals surface area contributed by atoms with E-state index >= 15 is 0 Å². The predicted octanol–water partition coefficient (Wildman–Crippen LogP) is 2.00. The fourth-order valence-electron chi connectivity index (χ4n) is 2.25. The molecule has 9 heteroatoms. The summed E-state index contributed by atoms with van der Waals surface area (Å²) < 4.78 is 50.5. The summed E-state index contributed by atoms with van der Waals surface area (Å²) in [6.07, 6.45) is -0.526. The molecule has 2 amide bonds. The molecule has 0 bridgehead atoms. The van der Waals surface area contributed by atoms with Gasteiger partial charge in [0.05, 0.1) is 12.2 Å². The third-order valence-electron chi connectivity index (χ3n) is 3.55. The van der Waals surface area contributed by atoms with Gasteiger partial charge >= 0.3 is 11.8 Å². The second-order valence-corrected chi connectivity index (χ2v) is 5.38. The van der Waals surface area contributed by atoms with Crippen LogP contribution in [-0.2, 0) is 9.59 Å². The number of fused-ring (bicyclic) bond motifs is 1. The summed E-state index contributed by atoms with van der Waals surface area (Å²) in [5, 5.41) is 4.18. The highest BCUT2D eigenvalue weighted by atomic mass is 19.2. The molecule has 1 heterocycles. The van der Waals surface area contributed by atoms with Crippen LogP contribution >= 0.6 is 0 Å². The molecule has 0 aliphatic carbocycles. The number of ether oxygens (including phenoxy) is 2. The molecule has 1 aliphatic heterocycles. The number of para-hydroxylation sites is 2. The van der Waals surface area contributed by atoms with Gasteiger partial charge in [-0.1, -0.05) is 12.1 Å². The van der Waals surface area contributed by atoms with Crippen molar-refractivity contribution in [2.75, 3.05) is 18.5 Å². The fraction of sp³-hybridized carbons (Fsp3) is 0.176. The Morgan fingerprint density at radius 1 is 1.00 bits per heavy atom. The summed E-state index contributed by atoms with van der Waals surface area (Å²) in [6.45, 7) is 0.123. The van der Waals surface area contributed by atoms with Gasteiger partial charge in [0.15, 0.2) is 29.0 Å². The second-order valence-electron chi connectivity index (χ2n) is 5.38. The highest BCUT2D eigenvalue weighted by molar-refractivity contribution is 6.39. The van der Waals surface area contributed by atoms with Gasteiger partial charge in [0.25, 0.3) is 0 Å². The number of halogens is 3. The van der Waals surface area contributed by atoms with Crippen molar-refractivity contribution in [1.29, 1.82) is 0 Å². The average Bonchev–Trinajstić information content (AvgIpc) is 2.66. The lowest BCUT2D eigenvalue weighted by atomic mass is 10.2. The first-order chi connectivity index (χ1) is 12.5. The third-order valence-corrected chi connectivity index (χ3v) is 3.55. The number of hydrogen-bond donors (Lipinski definition) is 2. The quantitative estimate of drug-likeness (QED) is 0.644. The van der Waals surface area contributed by atoms with Crippen molar-refractivity contribution in [3.8, 4) is 11.5 Å². The van der Waals surface area contributed by atoms with Crippen molar-refractivity contribution >= 4 is 17.5 Å². The van der Waals surface area contributed by atoms with Crippen LogP contribution in [0, 0.1) is 17.5 Å². The highest BCUT2D eigenvalue weighted by Gasteiger charge is 2.23. The Hall–Kier alpha value is -3.23. The lowest BCUT2D eigenvalue weighted by molar-refractivity contribution is -0.136. The Morgan fingerprint density at radius 2 is 1.73 bits per heavy atom. The Morgan fingerprint density at radius 3 is 2.50 bits per heavy atom. The Labute approximate surface area is 145 Å². The molecule has 0 saturated heterocycles. The zero-order valence-electron chi connectivity index (χ0n) is 13.2. The molecule has 26 heavy (non-hydrogen) atoms. The molecule has 0 spiro atoms. The van der Waals surface area contributed by atoms with E-state index in [2.05, 4.69) is 5.32 Å². The van der Waals surface area contributed by atoms with Gasteiger partial charge in [-0.05, 0) is 24.3 Å². The Bertz CT molecular complexity index is 860. The van der Waals surface area contributed by atoms with Crippen LogP contribution in [0.15, 0.2) is 36.4 Å². The van der Waals surface area contributed by atoms with Gasteiger partial charge in [0.1, 0.15) is 12.7 Å². The van der Waals surface area contributed by atoms with E-state index in [-0.39, 0.29) is 13.2 Å². The smallest absolute Gasteiger partial charge is 0.313 e. The molecule has 1 unspecified atom stereocenters. The molecular formula is C17H13F3N2O4. The first-order valence-electron chi connectivity index (χ1n) is 7.57. The van der Waals surface area contributed by atoms with Crippen LogP contribution in [0.2, 0.25) is 0 Å². The largest absolute Gasteiger partial charge is 0.486 e. The molecule has 0 aromatic heterocycles. The van der Waals surface area contributed by atoms with Crippen LogP contribution in [-0.4, -0.2) is 31.1 Å². The molecule has 1 atom stereocenters. The lowest BCUT2D eigenvalue weighted by Gasteiger charge is -2.26. The summed E-state index contributed by atoms with van der Waals surface area (Å²) in [4.78, 5) is 23.5. The van der Waals surface area contributed by atoms with Gasteiger partial charge in [0.2, 0.25) is 0 Å². The second kappa shape index (κ2) is 7.34. The number of anilines is 1. The van der Waals surface area contributed by atoms with Crippen LogP contribution in [0.5, 0.6) is 11.5 Å². The van der Waals surface area contributed by atoms with Crippen LogP contribution in [0.25, 0.3) is 0 Å². The molecule has 2 aromatic carbocycles. The number of amides is 2. The zero-order valence-corrected chi connectivity index (χ0v) is 13.2. The summed E-state index contributed by atoms with van der Waals surface area (Å²) in [7, 11) is 0. The summed E-state index contributed by atoms with van der Waals surface area (Å²) >= 11 is 0. The lowest BCUT2D eigenvalue weighted by Crippen LogP contribution is -2.44. The van der Waals surface area contributed by atoms with Crippen LogP contribution in [0.1, 0.15) is 0 Å². The van der Waals surface area contributed by atoms with E-state index in [4.69, 9.17) is 9.47 Å². The third kappa shape index (κ3) is 3.71. The SMILES string of the molecule is O=C(NCC1COc2ccccc2O1)C(=O)Nc1ccc(F)c(F)c1F. The summed E-state index contributed by atoms with van der Waals surface area (Å²) in [5.41, 5.74) is -0.643. The number of nitrogens with one attached hydrogen (secondary N) is 2. The maximum atomic E-state index is 13.5. The average molecular weight is 366 g/mol. The topological polar surface area (TPSA) is 76.7 Å². The first kappa shape index (κ1) is 17.6. The van der Waals surface area contributed by atoms with E-state index in [9.17, 15) is 22.8 Å². The normalized spacial score (nSPS) is 15.3. The maximum absolute atomic E-state index is 13.5. The molecule has 2 N–H and O–H groups in total. The molecule has 0 saturated carbocycles. The maximum Gasteiger partial charge on any atom is 0.313 e. The molecular weight excluding hydrogens is 353 g/mol. The fourth-order valence-corrected chi connectivity index (χ4v) is 2.25. The molecule has 3 rings (SSSR count). The van der Waals surface area contributed by atoms with E-state index < -0.39 is 41.1 Å². The van der Waals surface area contributed by atoms with Gasteiger partial charge in [-0.25, -0.2) is 13.2 Å². The van der Waals surface area contributed by atoms with Crippen molar-refractivity contribution in [2.45, 2.75) is 6.10 Å². The molecule has 136 valence electrons. The predicted molar refractivity (Wildman–Crippen MR) is 84.3 cm³/mol. The number of rotatable bonds is 3. The highest BCUT2D eigenvalue weighted by Crippen LogP contribution is 2.30. The molecule has 0 radical (unpaired) electrons. The Balaban J connectivity index is 1.54. The minimum atomic E-state index is -1.74. The standard InChI is InChI=1S/C17H13F3N2O4/c18-10-5-6-11(15(20)14(10)19)22-17(24)16(23)21-7-9-8-25-12-3-1-2-4-13(12)26-9/h1-6,9H,7-8H2,(H,21,23)(H,22,24). The van der Waals surface area contributed by atoms with E-state index in [1.54, 1.807) is 24.3 Å². The Kier molecular flexibility index (Phi) is 4.97. The number of carbonyl (C=O) groups excluding carboxylic acids is 2. The van der Waals surface area contributed by atoms with Crippen LogP contribution in [0.3, 0.4) is 0 Å². The van der Waals surface area contributed by atoms with Gasteiger partial charge in [-0.2, -0.15) is 0 Å². The van der Waals surface area contributed by atoms with E-state index in [0.717, 1.165) is 6.07 Å². The van der Waals surface area contributed by atoms with Gasteiger partial charge in [0, 0.05) is 0 Å². The van der Waals surface area contributed by atoms with Gasteiger partial charge in [-0.3, -0.25) is 9.59 Å². The molecule has 6 nitrogen and oxygen atoms in total. The minimum absolute atomic E-state index is 0.0408. The summed E-state index contributed by atoms with van der Waals surface area (Å²) in [6, 6.07) is 8.42. The molecule has 1 aliphatic rings. The number of hydrogen-bond acceptors (Lipinski definition) is 4. The van der Waals surface area contributed by atoms with E-state index in [1.807, 2.05) is 5.32 Å². The van der Waals surface area contributed by atoms with E-state index in [0.29, 0.717) is 17.6 Å². The zero-order chi connectivity index (χ0) is 18.7. The molecule has 0 fully saturated rings. The van der Waals surface area contributed by atoms with Crippen molar-refractivity contribution in [3.05, 3.63) is 53.8 Å². The van der Waals surface area contributed by atoms with E-state index in [1.165, 1.54) is 0 Å². The van der Waals surface area contributed by atoms with Crippen molar-refractivity contribution in [3.63, 3.8) is 0 Å². The van der Waals surface area contributed by atoms with Crippen LogP contribution in [0.4, 0.5) is 18.9 Å². The minimum Gasteiger partial charge on any atom is -0.486 e. The summed E-state index contributed by atoms with van der Waals surface area (Å²) in [5.74, 6) is -5.97. The number of benzene rings is 2. The van der Waals surface area contributed by atoms with Crippen molar-refractivity contribution in [2.24, 2.45) is 0 Å².